The SMILES string of the molecule is CC(C)Oc1ccc2ncc(C#N)c(N)c2c1. The fourth-order valence-corrected chi connectivity index (χ4v) is 1.63. The number of nitrogen functional groups attached to an aromatic ring is 1. The highest BCUT2D eigenvalue weighted by Crippen LogP contribution is 2.26. The second kappa shape index (κ2) is 4.30. The zero-order valence-corrected chi connectivity index (χ0v) is 9.77. The number of rotatable bonds is 2. The summed E-state index contributed by atoms with van der Waals surface area (Å²) in [6, 6.07) is 7.52. The number of aromatic nitrogens is 1. The summed E-state index contributed by atoms with van der Waals surface area (Å²) in [4.78, 5) is 4.18. The molecule has 0 spiro atoms. The number of benzene rings is 1. The summed E-state index contributed by atoms with van der Waals surface area (Å²) in [6.45, 7) is 3.91. The van der Waals surface area contributed by atoms with E-state index in [9.17, 15) is 0 Å². The summed E-state index contributed by atoms with van der Waals surface area (Å²) in [5.41, 5.74) is 7.51. The van der Waals surface area contributed by atoms with Crippen molar-refractivity contribution in [3.8, 4) is 11.8 Å². The molecule has 1 heterocycles. The molecule has 2 rings (SSSR count). The first kappa shape index (κ1) is 11.2. The van der Waals surface area contributed by atoms with Crippen molar-refractivity contribution in [3.05, 3.63) is 30.0 Å². The smallest absolute Gasteiger partial charge is 0.120 e. The number of ether oxygens (including phenoxy) is 1. The average molecular weight is 227 g/mol. The van der Waals surface area contributed by atoms with Crippen LogP contribution in [-0.2, 0) is 0 Å². The standard InChI is InChI=1S/C13H13N3O/c1-8(2)17-10-3-4-12-11(5-10)13(15)9(6-14)7-16-12/h3-5,7-8H,1-2H3,(H2,15,16). The monoisotopic (exact) mass is 227 g/mol. The van der Waals surface area contributed by atoms with Crippen LogP contribution in [-0.4, -0.2) is 11.1 Å². The molecule has 0 fully saturated rings. The average Bonchev–Trinajstić information content (AvgIpc) is 2.29. The van der Waals surface area contributed by atoms with Crippen molar-refractivity contribution in [2.75, 3.05) is 5.73 Å². The van der Waals surface area contributed by atoms with Gasteiger partial charge >= 0.3 is 0 Å². The predicted molar refractivity (Wildman–Crippen MR) is 66.6 cm³/mol. The van der Waals surface area contributed by atoms with Crippen LogP contribution in [0.1, 0.15) is 19.4 Å². The molecule has 0 radical (unpaired) electrons. The first-order valence-electron chi connectivity index (χ1n) is 5.37. The van der Waals surface area contributed by atoms with Gasteiger partial charge in [0.15, 0.2) is 0 Å². The van der Waals surface area contributed by atoms with Gasteiger partial charge in [0.05, 0.1) is 22.9 Å². The van der Waals surface area contributed by atoms with Crippen molar-refractivity contribution in [2.24, 2.45) is 0 Å². The molecular weight excluding hydrogens is 214 g/mol. The number of hydrogen-bond donors (Lipinski definition) is 1. The Morgan fingerprint density at radius 1 is 1.41 bits per heavy atom. The van der Waals surface area contributed by atoms with E-state index in [2.05, 4.69) is 4.98 Å². The highest BCUT2D eigenvalue weighted by molar-refractivity contribution is 5.93. The minimum absolute atomic E-state index is 0.0979. The molecule has 0 unspecified atom stereocenters. The number of anilines is 1. The van der Waals surface area contributed by atoms with Crippen molar-refractivity contribution in [2.45, 2.75) is 20.0 Å². The second-order valence-electron chi connectivity index (χ2n) is 4.04. The van der Waals surface area contributed by atoms with E-state index in [0.717, 1.165) is 16.7 Å². The van der Waals surface area contributed by atoms with Crippen molar-refractivity contribution < 1.29 is 4.74 Å². The molecule has 0 saturated heterocycles. The van der Waals surface area contributed by atoms with Gasteiger partial charge in [-0.15, -0.1) is 0 Å². The van der Waals surface area contributed by atoms with Crippen molar-refractivity contribution in [3.63, 3.8) is 0 Å². The molecule has 0 aliphatic carbocycles. The van der Waals surface area contributed by atoms with Gasteiger partial charge < -0.3 is 10.5 Å². The summed E-state index contributed by atoms with van der Waals surface area (Å²) >= 11 is 0. The van der Waals surface area contributed by atoms with Gasteiger partial charge in [-0.25, -0.2) is 0 Å². The Bertz CT molecular complexity index is 599. The summed E-state index contributed by atoms with van der Waals surface area (Å²) in [5.74, 6) is 0.732. The molecule has 0 bridgehead atoms. The quantitative estimate of drug-likeness (QED) is 0.855. The molecule has 0 saturated carbocycles. The largest absolute Gasteiger partial charge is 0.491 e. The number of nitriles is 1. The maximum Gasteiger partial charge on any atom is 0.120 e. The lowest BCUT2D eigenvalue weighted by Crippen LogP contribution is -2.05. The fourth-order valence-electron chi connectivity index (χ4n) is 1.63. The first-order chi connectivity index (χ1) is 8.11. The van der Waals surface area contributed by atoms with E-state index in [1.807, 2.05) is 38.1 Å². The van der Waals surface area contributed by atoms with Gasteiger partial charge in [0.2, 0.25) is 0 Å². The van der Waals surface area contributed by atoms with E-state index >= 15 is 0 Å². The number of nitrogens with zero attached hydrogens (tertiary/aromatic N) is 2. The van der Waals surface area contributed by atoms with Crippen LogP contribution in [0.15, 0.2) is 24.4 Å². The molecule has 0 atom stereocenters. The Hall–Kier alpha value is -2.28. The lowest BCUT2D eigenvalue weighted by molar-refractivity contribution is 0.243. The molecular formula is C13H13N3O. The normalized spacial score (nSPS) is 10.5. The van der Waals surface area contributed by atoms with Crippen LogP contribution in [0.2, 0.25) is 0 Å². The van der Waals surface area contributed by atoms with E-state index < -0.39 is 0 Å². The van der Waals surface area contributed by atoms with Gasteiger partial charge in [-0.3, -0.25) is 4.98 Å². The van der Waals surface area contributed by atoms with Gasteiger partial charge in [-0.1, -0.05) is 0 Å². The molecule has 0 aliphatic rings. The van der Waals surface area contributed by atoms with Crippen molar-refractivity contribution in [1.82, 2.24) is 4.98 Å². The third-order valence-electron chi connectivity index (χ3n) is 2.37. The molecule has 1 aromatic carbocycles. The van der Waals surface area contributed by atoms with E-state index in [1.54, 1.807) is 0 Å². The molecule has 1 aromatic heterocycles. The molecule has 86 valence electrons. The lowest BCUT2D eigenvalue weighted by Gasteiger charge is -2.11. The predicted octanol–water partition coefficient (Wildman–Crippen LogP) is 2.48. The van der Waals surface area contributed by atoms with Gasteiger partial charge in [0, 0.05) is 11.6 Å². The second-order valence-corrected chi connectivity index (χ2v) is 4.04. The maximum atomic E-state index is 8.89. The number of pyridine rings is 1. The van der Waals surface area contributed by atoms with Gasteiger partial charge in [0.1, 0.15) is 11.8 Å². The van der Waals surface area contributed by atoms with Gasteiger partial charge in [0.25, 0.3) is 0 Å². The molecule has 0 aliphatic heterocycles. The molecule has 4 nitrogen and oxygen atoms in total. The van der Waals surface area contributed by atoms with Crippen LogP contribution in [0, 0.1) is 11.3 Å². The Balaban J connectivity index is 2.59. The molecule has 4 heteroatoms. The fraction of sp³-hybridized carbons (Fsp3) is 0.231. The minimum atomic E-state index is 0.0979. The van der Waals surface area contributed by atoms with Crippen molar-refractivity contribution in [1.29, 1.82) is 5.26 Å². The summed E-state index contributed by atoms with van der Waals surface area (Å²) in [6.07, 6.45) is 1.58. The highest BCUT2D eigenvalue weighted by Gasteiger charge is 2.07. The van der Waals surface area contributed by atoms with Crippen molar-refractivity contribution >= 4 is 16.6 Å². The van der Waals surface area contributed by atoms with E-state index in [1.165, 1.54) is 6.20 Å². The van der Waals surface area contributed by atoms with Gasteiger partial charge in [-0.05, 0) is 32.0 Å². The Kier molecular flexibility index (Phi) is 2.84. The zero-order valence-electron chi connectivity index (χ0n) is 9.77. The third-order valence-corrected chi connectivity index (χ3v) is 2.37. The Morgan fingerprint density at radius 3 is 2.82 bits per heavy atom. The van der Waals surface area contributed by atoms with E-state index in [0.29, 0.717) is 11.3 Å². The van der Waals surface area contributed by atoms with Crippen LogP contribution in [0.4, 0.5) is 5.69 Å². The summed E-state index contributed by atoms with van der Waals surface area (Å²) in [7, 11) is 0. The summed E-state index contributed by atoms with van der Waals surface area (Å²) < 4.78 is 5.58. The summed E-state index contributed by atoms with van der Waals surface area (Å²) in [5, 5.41) is 9.64. The third kappa shape index (κ3) is 2.13. The van der Waals surface area contributed by atoms with Crippen LogP contribution in [0.25, 0.3) is 10.9 Å². The van der Waals surface area contributed by atoms with Crippen LogP contribution < -0.4 is 10.5 Å². The number of nitrogens with two attached hydrogens (primary N) is 1. The van der Waals surface area contributed by atoms with E-state index in [-0.39, 0.29) is 6.10 Å². The molecule has 2 aromatic rings. The zero-order chi connectivity index (χ0) is 12.4. The maximum absolute atomic E-state index is 8.89. The van der Waals surface area contributed by atoms with Crippen LogP contribution in [0.3, 0.4) is 0 Å². The van der Waals surface area contributed by atoms with Gasteiger partial charge in [-0.2, -0.15) is 5.26 Å². The molecule has 2 N–H and O–H groups in total. The number of fused-ring (bicyclic) bond motifs is 1. The highest BCUT2D eigenvalue weighted by atomic mass is 16.5. The van der Waals surface area contributed by atoms with Crippen LogP contribution >= 0.6 is 0 Å². The molecule has 17 heavy (non-hydrogen) atoms. The topological polar surface area (TPSA) is 71.9 Å². The van der Waals surface area contributed by atoms with E-state index in [4.69, 9.17) is 15.7 Å². The Morgan fingerprint density at radius 2 is 2.18 bits per heavy atom. The minimum Gasteiger partial charge on any atom is -0.491 e. The molecule has 0 amide bonds. The first-order valence-corrected chi connectivity index (χ1v) is 5.37. The van der Waals surface area contributed by atoms with Crippen LogP contribution in [0.5, 0.6) is 5.75 Å². The Labute approximate surface area is 99.6 Å². The number of hydrogen-bond acceptors (Lipinski definition) is 4. The lowest BCUT2D eigenvalue weighted by atomic mass is 10.1.